The summed E-state index contributed by atoms with van der Waals surface area (Å²) in [7, 11) is 0. The van der Waals surface area contributed by atoms with E-state index in [2.05, 4.69) is 23.2 Å². The zero-order valence-electron chi connectivity index (χ0n) is 8.52. The number of hydrogen-bond donors (Lipinski definition) is 1. The van der Waals surface area contributed by atoms with Crippen LogP contribution >= 0.6 is 11.3 Å². The first kappa shape index (κ1) is 9.31. The Hall–Kier alpha value is -0.930. The topological polar surface area (TPSA) is 38.9 Å². The summed E-state index contributed by atoms with van der Waals surface area (Å²) < 4.78 is 1.28. The van der Waals surface area contributed by atoms with Gasteiger partial charge in [0.2, 0.25) is 0 Å². The number of fused-ring (bicyclic) bond motifs is 1. The Kier molecular flexibility index (Phi) is 2.22. The van der Waals surface area contributed by atoms with Crippen molar-refractivity contribution in [3.8, 4) is 0 Å². The highest BCUT2D eigenvalue weighted by atomic mass is 32.1. The first-order valence-corrected chi connectivity index (χ1v) is 6.27. The van der Waals surface area contributed by atoms with Crippen molar-refractivity contribution in [2.24, 2.45) is 5.73 Å². The minimum absolute atomic E-state index is 0.325. The predicted octanol–water partition coefficient (Wildman–Crippen LogP) is 2.89. The molecule has 0 spiro atoms. The number of rotatable bonds is 1. The maximum atomic E-state index is 6.10. The van der Waals surface area contributed by atoms with Crippen LogP contribution in [0, 0.1) is 0 Å². The second-order valence-electron chi connectivity index (χ2n) is 4.22. The molecule has 1 aromatic heterocycles. The minimum Gasteiger partial charge on any atom is -0.327 e. The Morgan fingerprint density at radius 2 is 2.13 bits per heavy atom. The van der Waals surface area contributed by atoms with Crippen molar-refractivity contribution in [3.05, 3.63) is 29.3 Å². The third-order valence-corrected chi connectivity index (χ3v) is 4.37. The van der Waals surface area contributed by atoms with Crippen molar-refractivity contribution in [1.29, 1.82) is 0 Å². The molecular weight excluding hydrogens is 204 g/mol. The standard InChI is InChI=1S/C12H14N2S/c13-9-5-3-4-8(9)12-14-10-6-1-2-7-11(10)15-12/h1-2,6-9H,3-5,13H2. The Labute approximate surface area is 93.1 Å². The van der Waals surface area contributed by atoms with Gasteiger partial charge in [0.15, 0.2) is 0 Å². The lowest BCUT2D eigenvalue weighted by atomic mass is 10.1. The smallest absolute Gasteiger partial charge is 0.0984 e. The largest absolute Gasteiger partial charge is 0.327 e. The van der Waals surface area contributed by atoms with Crippen LogP contribution in [-0.4, -0.2) is 11.0 Å². The van der Waals surface area contributed by atoms with Crippen LogP contribution < -0.4 is 5.73 Å². The van der Waals surface area contributed by atoms with Gasteiger partial charge in [-0.1, -0.05) is 18.6 Å². The van der Waals surface area contributed by atoms with Gasteiger partial charge in [-0.25, -0.2) is 4.98 Å². The monoisotopic (exact) mass is 218 g/mol. The SMILES string of the molecule is NC1CCCC1c1nc2ccccc2s1. The maximum absolute atomic E-state index is 6.10. The molecule has 0 bridgehead atoms. The van der Waals surface area contributed by atoms with Crippen molar-refractivity contribution in [3.63, 3.8) is 0 Å². The fourth-order valence-electron chi connectivity index (χ4n) is 2.34. The summed E-state index contributed by atoms with van der Waals surface area (Å²) in [6, 6.07) is 8.65. The Morgan fingerprint density at radius 1 is 1.27 bits per heavy atom. The summed E-state index contributed by atoms with van der Waals surface area (Å²) in [5.74, 6) is 0.502. The average Bonchev–Trinajstić information content (AvgIpc) is 2.82. The number of para-hydroxylation sites is 1. The van der Waals surface area contributed by atoms with Crippen molar-refractivity contribution in [2.45, 2.75) is 31.2 Å². The molecule has 0 aliphatic heterocycles. The van der Waals surface area contributed by atoms with E-state index in [9.17, 15) is 0 Å². The molecular formula is C12H14N2S. The number of nitrogens with zero attached hydrogens (tertiary/aromatic N) is 1. The molecule has 15 heavy (non-hydrogen) atoms. The fourth-order valence-corrected chi connectivity index (χ4v) is 3.52. The van der Waals surface area contributed by atoms with E-state index < -0.39 is 0 Å². The Balaban J connectivity index is 2.04. The predicted molar refractivity (Wildman–Crippen MR) is 64.2 cm³/mol. The van der Waals surface area contributed by atoms with Gasteiger partial charge in [0.25, 0.3) is 0 Å². The molecule has 1 aliphatic rings. The molecule has 2 N–H and O–H groups in total. The molecule has 1 aromatic carbocycles. The van der Waals surface area contributed by atoms with Gasteiger partial charge in [-0.3, -0.25) is 0 Å². The zero-order chi connectivity index (χ0) is 10.3. The van der Waals surface area contributed by atoms with Gasteiger partial charge in [-0.2, -0.15) is 0 Å². The number of thiazole rings is 1. The highest BCUT2D eigenvalue weighted by Gasteiger charge is 2.27. The second-order valence-corrected chi connectivity index (χ2v) is 5.28. The summed E-state index contributed by atoms with van der Waals surface area (Å²) in [6.07, 6.45) is 3.61. The van der Waals surface area contributed by atoms with Crippen LogP contribution in [0.4, 0.5) is 0 Å². The lowest BCUT2D eigenvalue weighted by Gasteiger charge is -2.10. The Morgan fingerprint density at radius 3 is 2.87 bits per heavy atom. The third kappa shape index (κ3) is 1.56. The van der Waals surface area contributed by atoms with Gasteiger partial charge in [0.05, 0.1) is 15.2 Å². The van der Waals surface area contributed by atoms with Crippen molar-refractivity contribution in [1.82, 2.24) is 4.98 Å². The normalized spacial score (nSPS) is 26.2. The molecule has 2 nitrogen and oxygen atoms in total. The lowest BCUT2D eigenvalue weighted by Crippen LogP contribution is -2.22. The summed E-state index contributed by atoms with van der Waals surface area (Å²) in [5, 5.41) is 1.24. The molecule has 2 aromatic rings. The van der Waals surface area contributed by atoms with Gasteiger partial charge in [-0.05, 0) is 25.0 Å². The summed E-state index contributed by atoms with van der Waals surface area (Å²) >= 11 is 1.81. The minimum atomic E-state index is 0.325. The molecule has 1 aliphatic carbocycles. The number of hydrogen-bond acceptors (Lipinski definition) is 3. The van der Waals surface area contributed by atoms with Gasteiger partial charge < -0.3 is 5.73 Å². The Bertz CT molecular complexity index is 444. The van der Waals surface area contributed by atoms with Gasteiger partial charge in [-0.15, -0.1) is 11.3 Å². The van der Waals surface area contributed by atoms with E-state index in [-0.39, 0.29) is 0 Å². The number of benzene rings is 1. The van der Waals surface area contributed by atoms with E-state index >= 15 is 0 Å². The molecule has 0 saturated heterocycles. The zero-order valence-corrected chi connectivity index (χ0v) is 9.33. The van der Waals surface area contributed by atoms with E-state index in [4.69, 9.17) is 5.73 Å². The van der Waals surface area contributed by atoms with E-state index in [1.165, 1.54) is 22.5 Å². The molecule has 0 amide bonds. The van der Waals surface area contributed by atoms with Crippen LogP contribution in [0.3, 0.4) is 0 Å². The molecule has 1 heterocycles. The second kappa shape index (κ2) is 3.58. The van der Waals surface area contributed by atoms with Crippen molar-refractivity contribution in [2.75, 3.05) is 0 Å². The van der Waals surface area contributed by atoms with Crippen LogP contribution in [-0.2, 0) is 0 Å². The molecule has 78 valence electrons. The van der Waals surface area contributed by atoms with E-state index in [1.54, 1.807) is 0 Å². The molecule has 1 fully saturated rings. The highest BCUT2D eigenvalue weighted by molar-refractivity contribution is 7.18. The van der Waals surface area contributed by atoms with Crippen LogP contribution in [0.2, 0.25) is 0 Å². The van der Waals surface area contributed by atoms with Gasteiger partial charge >= 0.3 is 0 Å². The molecule has 2 unspecified atom stereocenters. The van der Waals surface area contributed by atoms with Crippen LogP contribution in [0.25, 0.3) is 10.2 Å². The number of nitrogens with two attached hydrogens (primary N) is 1. The van der Waals surface area contributed by atoms with E-state index in [0.717, 1.165) is 11.9 Å². The van der Waals surface area contributed by atoms with Crippen molar-refractivity contribution < 1.29 is 0 Å². The third-order valence-electron chi connectivity index (χ3n) is 3.20. The van der Waals surface area contributed by atoms with Crippen molar-refractivity contribution >= 4 is 21.6 Å². The van der Waals surface area contributed by atoms with Crippen LogP contribution in [0.1, 0.15) is 30.2 Å². The molecule has 1 saturated carbocycles. The molecule has 3 rings (SSSR count). The van der Waals surface area contributed by atoms with Crippen LogP contribution in [0.15, 0.2) is 24.3 Å². The summed E-state index contributed by atoms with van der Waals surface area (Å²) in [4.78, 5) is 4.68. The fraction of sp³-hybridized carbons (Fsp3) is 0.417. The van der Waals surface area contributed by atoms with E-state index in [0.29, 0.717) is 12.0 Å². The molecule has 3 heteroatoms. The highest BCUT2D eigenvalue weighted by Crippen LogP contribution is 2.37. The summed E-state index contributed by atoms with van der Waals surface area (Å²) in [5.41, 5.74) is 7.22. The van der Waals surface area contributed by atoms with E-state index in [1.807, 2.05) is 17.4 Å². The molecule has 2 atom stereocenters. The lowest BCUT2D eigenvalue weighted by molar-refractivity contribution is 0.611. The van der Waals surface area contributed by atoms with Gasteiger partial charge in [0, 0.05) is 12.0 Å². The molecule has 0 radical (unpaired) electrons. The van der Waals surface area contributed by atoms with Crippen LogP contribution in [0.5, 0.6) is 0 Å². The summed E-state index contributed by atoms with van der Waals surface area (Å²) in [6.45, 7) is 0. The first-order chi connectivity index (χ1) is 7.34. The first-order valence-electron chi connectivity index (χ1n) is 5.45. The quantitative estimate of drug-likeness (QED) is 0.799. The number of aromatic nitrogens is 1. The average molecular weight is 218 g/mol. The van der Waals surface area contributed by atoms with Gasteiger partial charge in [0.1, 0.15) is 0 Å². The maximum Gasteiger partial charge on any atom is 0.0984 e.